The molecule has 0 unspecified atom stereocenters. The maximum atomic E-state index is 5.75. The minimum Gasteiger partial charge on any atom is -0.375 e. The highest BCUT2D eigenvalue weighted by Crippen LogP contribution is 2.28. The Balaban J connectivity index is 1.77. The van der Waals surface area contributed by atoms with Crippen LogP contribution in [0.2, 0.25) is 0 Å². The maximum Gasteiger partial charge on any atom is 0.132 e. The molecule has 1 aromatic heterocycles. The van der Waals surface area contributed by atoms with Gasteiger partial charge in [0, 0.05) is 12.7 Å². The zero-order valence-corrected chi connectivity index (χ0v) is 8.48. The zero-order valence-electron chi connectivity index (χ0n) is 8.48. The molecule has 1 aromatic rings. The van der Waals surface area contributed by atoms with Crippen LogP contribution in [0, 0.1) is 6.07 Å². The lowest BCUT2D eigenvalue weighted by molar-refractivity contribution is -0.211. The van der Waals surface area contributed by atoms with E-state index in [2.05, 4.69) is 16.0 Å². The molecule has 0 atom stereocenters. The molecule has 0 saturated carbocycles. The fourth-order valence-electron chi connectivity index (χ4n) is 2.03. The molecule has 2 aliphatic heterocycles. The monoisotopic (exact) mass is 205 g/mol. The van der Waals surface area contributed by atoms with Crippen LogP contribution in [0.1, 0.15) is 0 Å². The lowest BCUT2D eigenvalue weighted by Gasteiger charge is -2.47. The van der Waals surface area contributed by atoms with Gasteiger partial charge in [-0.1, -0.05) is 0 Å². The molecular formula is C11H13N2O2. The molecule has 79 valence electrons. The van der Waals surface area contributed by atoms with Crippen molar-refractivity contribution < 1.29 is 9.47 Å². The van der Waals surface area contributed by atoms with Crippen LogP contribution in [0.3, 0.4) is 0 Å². The molecule has 0 amide bonds. The van der Waals surface area contributed by atoms with E-state index in [9.17, 15) is 0 Å². The summed E-state index contributed by atoms with van der Waals surface area (Å²) in [6.07, 6.45) is 1.77. The molecule has 3 heterocycles. The normalized spacial score (nSPS) is 23.9. The molecule has 2 aliphatic rings. The third kappa shape index (κ3) is 1.60. The molecule has 0 aliphatic carbocycles. The Hall–Kier alpha value is -1.13. The van der Waals surface area contributed by atoms with Crippen LogP contribution in [0.5, 0.6) is 0 Å². The minimum absolute atomic E-state index is 0.0736. The number of morpholine rings is 1. The van der Waals surface area contributed by atoms with Gasteiger partial charge in [-0.05, 0) is 18.2 Å². The quantitative estimate of drug-likeness (QED) is 0.668. The number of pyridine rings is 1. The molecule has 3 rings (SSSR count). The number of nitrogens with zero attached hydrogens (tertiary/aromatic N) is 2. The first-order valence-electron chi connectivity index (χ1n) is 5.17. The van der Waals surface area contributed by atoms with Gasteiger partial charge in [-0.2, -0.15) is 0 Å². The SMILES string of the molecule is [c]1ccnc(N2CCOC3(COC3)C2)c1. The lowest BCUT2D eigenvalue weighted by Crippen LogP contribution is -2.63. The van der Waals surface area contributed by atoms with Gasteiger partial charge in [0.05, 0.1) is 26.4 Å². The van der Waals surface area contributed by atoms with Gasteiger partial charge in [-0.25, -0.2) is 4.98 Å². The van der Waals surface area contributed by atoms with Gasteiger partial charge < -0.3 is 14.4 Å². The van der Waals surface area contributed by atoms with E-state index in [1.54, 1.807) is 6.20 Å². The average Bonchev–Trinajstić information content (AvgIpc) is 2.28. The fraction of sp³-hybridized carbons (Fsp3) is 0.545. The highest BCUT2D eigenvalue weighted by molar-refractivity contribution is 5.38. The second-order valence-corrected chi connectivity index (χ2v) is 4.06. The van der Waals surface area contributed by atoms with E-state index in [4.69, 9.17) is 9.47 Å². The van der Waals surface area contributed by atoms with Gasteiger partial charge in [0.15, 0.2) is 0 Å². The van der Waals surface area contributed by atoms with Gasteiger partial charge >= 0.3 is 0 Å². The van der Waals surface area contributed by atoms with Crippen LogP contribution in [0.4, 0.5) is 5.82 Å². The molecule has 2 fully saturated rings. The van der Waals surface area contributed by atoms with E-state index in [1.165, 1.54) is 0 Å². The summed E-state index contributed by atoms with van der Waals surface area (Å²) in [6.45, 7) is 3.94. The van der Waals surface area contributed by atoms with E-state index in [0.717, 1.165) is 25.5 Å². The first kappa shape index (κ1) is 9.12. The summed E-state index contributed by atoms with van der Waals surface area (Å²) in [4.78, 5) is 6.56. The highest BCUT2D eigenvalue weighted by Gasteiger charge is 2.43. The standard InChI is InChI=1S/C11H13N2O2/c1-2-4-12-10(3-1)13-5-6-15-11(7-13)8-14-9-11/h2-4H,5-9H2. The molecule has 15 heavy (non-hydrogen) atoms. The third-order valence-corrected chi connectivity index (χ3v) is 2.89. The molecule has 0 bridgehead atoms. The number of anilines is 1. The van der Waals surface area contributed by atoms with E-state index in [-0.39, 0.29) is 5.60 Å². The third-order valence-electron chi connectivity index (χ3n) is 2.89. The van der Waals surface area contributed by atoms with E-state index >= 15 is 0 Å². The molecular weight excluding hydrogens is 192 g/mol. The number of ether oxygens (including phenoxy) is 2. The Morgan fingerprint density at radius 2 is 2.40 bits per heavy atom. The predicted octanol–water partition coefficient (Wildman–Crippen LogP) is 0.487. The molecule has 2 saturated heterocycles. The summed E-state index contributed by atoms with van der Waals surface area (Å²) in [5, 5.41) is 0. The topological polar surface area (TPSA) is 34.6 Å². The number of aromatic nitrogens is 1. The molecule has 1 radical (unpaired) electrons. The van der Waals surface area contributed by atoms with Gasteiger partial charge in [0.1, 0.15) is 11.4 Å². The maximum absolute atomic E-state index is 5.75. The zero-order chi connectivity index (χ0) is 10.1. The summed E-state index contributed by atoms with van der Waals surface area (Å²) in [6, 6.07) is 6.77. The van der Waals surface area contributed by atoms with Crippen LogP contribution in [0.15, 0.2) is 18.3 Å². The van der Waals surface area contributed by atoms with Crippen molar-refractivity contribution >= 4 is 5.82 Å². The van der Waals surface area contributed by atoms with E-state index in [0.29, 0.717) is 13.2 Å². The van der Waals surface area contributed by atoms with Crippen molar-refractivity contribution in [2.24, 2.45) is 0 Å². The van der Waals surface area contributed by atoms with Crippen molar-refractivity contribution in [2.45, 2.75) is 5.60 Å². The largest absolute Gasteiger partial charge is 0.375 e. The first-order valence-corrected chi connectivity index (χ1v) is 5.17. The van der Waals surface area contributed by atoms with Gasteiger partial charge in [0.25, 0.3) is 0 Å². The van der Waals surface area contributed by atoms with Gasteiger partial charge in [0.2, 0.25) is 0 Å². The van der Waals surface area contributed by atoms with Gasteiger partial charge in [-0.3, -0.25) is 0 Å². The Bertz CT molecular complexity index is 338. The van der Waals surface area contributed by atoms with Crippen molar-refractivity contribution in [3.63, 3.8) is 0 Å². The Morgan fingerprint density at radius 3 is 3.07 bits per heavy atom. The highest BCUT2D eigenvalue weighted by atomic mass is 16.6. The first-order chi connectivity index (χ1) is 7.38. The van der Waals surface area contributed by atoms with Crippen molar-refractivity contribution in [3.05, 3.63) is 24.4 Å². The van der Waals surface area contributed by atoms with Crippen molar-refractivity contribution in [1.82, 2.24) is 4.98 Å². The fourth-order valence-corrected chi connectivity index (χ4v) is 2.03. The minimum atomic E-state index is -0.0736. The van der Waals surface area contributed by atoms with Crippen LogP contribution in [-0.2, 0) is 9.47 Å². The molecule has 4 heteroatoms. The van der Waals surface area contributed by atoms with Crippen LogP contribution >= 0.6 is 0 Å². The second kappa shape index (κ2) is 3.47. The van der Waals surface area contributed by atoms with Gasteiger partial charge in [-0.15, -0.1) is 0 Å². The average molecular weight is 205 g/mol. The second-order valence-electron chi connectivity index (χ2n) is 4.06. The van der Waals surface area contributed by atoms with Crippen LogP contribution in [-0.4, -0.2) is 43.5 Å². The summed E-state index contributed by atoms with van der Waals surface area (Å²) >= 11 is 0. The van der Waals surface area contributed by atoms with Crippen molar-refractivity contribution in [1.29, 1.82) is 0 Å². The van der Waals surface area contributed by atoms with E-state index in [1.807, 2.05) is 12.1 Å². The number of hydrogen-bond acceptors (Lipinski definition) is 4. The molecule has 4 nitrogen and oxygen atoms in total. The Labute approximate surface area is 88.8 Å². The lowest BCUT2D eigenvalue weighted by atomic mass is 10.00. The van der Waals surface area contributed by atoms with Crippen molar-refractivity contribution in [3.8, 4) is 0 Å². The predicted molar refractivity (Wildman–Crippen MR) is 54.8 cm³/mol. The van der Waals surface area contributed by atoms with Crippen LogP contribution < -0.4 is 4.90 Å². The molecule has 0 aromatic carbocycles. The summed E-state index contributed by atoms with van der Waals surface area (Å²) in [5.41, 5.74) is -0.0736. The molecule has 1 spiro atoms. The molecule has 0 N–H and O–H groups in total. The number of hydrogen-bond donors (Lipinski definition) is 0. The van der Waals surface area contributed by atoms with Crippen molar-refractivity contribution in [2.75, 3.05) is 37.8 Å². The van der Waals surface area contributed by atoms with E-state index < -0.39 is 0 Å². The summed E-state index contributed by atoms with van der Waals surface area (Å²) < 4.78 is 11.0. The Morgan fingerprint density at radius 1 is 1.47 bits per heavy atom. The summed E-state index contributed by atoms with van der Waals surface area (Å²) in [5.74, 6) is 0.979. The smallest absolute Gasteiger partial charge is 0.132 e. The Kier molecular flexibility index (Phi) is 2.11. The van der Waals surface area contributed by atoms with Crippen LogP contribution in [0.25, 0.3) is 0 Å². The summed E-state index contributed by atoms with van der Waals surface area (Å²) in [7, 11) is 0. The number of rotatable bonds is 1.